The highest BCUT2D eigenvalue weighted by Gasteiger charge is 2.46. The highest BCUT2D eigenvalue weighted by molar-refractivity contribution is 7.90. The first-order chi connectivity index (χ1) is 8.39. The van der Waals surface area contributed by atoms with Crippen LogP contribution in [0.4, 0.5) is 0 Å². The van der Waals surface area contributed by atoms with Crippen LogP contribution in [0, 0.1) is 5.41 Å². The molecule has 1 heterocycles. The monoisotopic (exact) mass is 310 g/mol. The molecule has 2 N–H and O–H groups in total. The lowest BCUT2D eigenvalue weighted by molar-refractivity contribution is -0.122. The van der Waals surface area contributed by atoms with E-state index in [1.165, 1.54) is 6.26 Å². The number of hydrogen-bond donors (Lipinski definition) is 2. The Hall–Kier alpha value is -0.330. The quantitative estimate of drug-likeness (QED) is 0.775. The fraction of sp³-hybridized carbons (Fsp3) is 0.917. The molecule has 1 aliphatic carbocycles. The second kappa shape index (κ2) is 6.41. The smallest absolute Gasteiger partial charge is 0.220 e. The number of halogens is 1. The average Bonchev–Trinajstić information content (AvgIpc) is 2.95. The molecule has 0 bridgehead atoms. The van der Waals surface area contributed by atoms with Gasteiger partial charge in [-0.15, -0.1) is 12.4 Å². The van der Waals surface area contributed by atoms with E-state index in [-0.39, 0.29) is 35.5 Å². The molecule has 1 unspecified atom stereocenters. The lowest BCUT2D eigenvalue weighted by atomic mass is 10.0. The predicted molar refractivity (Wildman–Crippen MR) is 77.3 cm³/mol. The third-order valence-electron chi connectivity index (χ3n) is 3.72. The van der Waals surface area contributed by atoms with E-state index in [1.54, 1.807) is 0 Å². The minimum Gasteiger partial charge on any atom is -0.352 e. The summed E-state index contributed by atoms with van der Waals surface area (Å²) < 4.78 is 22.6. The first-order valence-corrected chi connectivity index (χ1v) is 8.62. The second-order valence-electron chi connectivity index (χ2n) is 5.86. The van der Waals surface area contributed by atoms with Crippen molar-refractivity contribution in [2.24, 2.45) is 5.41 Å². The van der Waals surface area contributed by atoms with Gasteiger partial charge in [0.15, 0.2) is 0 Å². The zero-order chi connectivity index (χ0) is 13.2. The summed E-state index contributed by atoms with van der Waals surface area (Å²) >= 11 is 0. The van der Waals surface area contributed by atoms with Gasteiger partial charge in [0.2, 0.25) is 5.91 Å². The number of nitrogens with one attached hydrogen (secondary N) is 2. The first-order valence-electron chi connectivity index (χ1n) is 6.56. The van der Waals surface area contributed by atoms with Crippen LogP contribution in [0.15, 0.2) is 0 Å². The third-order valence-corrected chi connectivity index (χ3v) is 4.86. The highest BCUT2D eigenvalue weighted by atomic mass is 35.5. The Balaban J connectivity index is 0.00000180. The molecule has 2 aliphatic rings. The van der Waals surface area contributed by atoms with Crippen molar-refractivity contribution in [3.05, 3.63) is 0 Å². The van der Waals surface area contributed by atoms with E-state index < -0.39 is 9.84 Å². The van der Waals surface area contributed by atoms with Gasteiger partial charge in [-0.25, -0.2) is 8.42 Å². The van der Waals surface area contributed by atoms with Gasteiger partial charge in [0.1, 0.15) is 9.84 Å². The largest absolute Gasteiger partial charge is 0.352 e. The van der Waals surface area contributed by atoms with E-state index in [9.17, 15) is 13.2 Å². The minimum atomic E-state index is -2.99. The van der Waals surface area contributed by atoms with Crippen LogP contribution in [0.25, 0.3) is 0 Å². The number of sulfone groups is 1. The normalized spacial score (nSPS) is 25.2. The Kier molecular flexibility index (Phi) is 5.65. The summed E-state index contributed by atoms with van der Waals surface area (Å²) in [7, 11) is -2.99. The maximum absolute atomic E-state index is 11.9. The summed E-state index contributed by atoms with van der Waals surface area (Å²) in [6.45, 7) is 1.84. The van der Waals surface area contributed by atoms with Crippen molar-refractivity contribution in [1.29, 1.82) is 0 Å². The molecule has 112 valence electrons. The molecular weight excluding hydrogens is 288 g/mol. The molecule has 7 heteroatoms. The summed E-state index contributed by atoms with van der Waals surface area (Å²) in [5.41, 5.74) is -0.264. The van der Waals surface area contributed by atoms with Crippen LogP contribution in [0.3, 0.4) is 0 Å². The van der Waals surface area contributed by atoms with E-state index in [0.29, 0.717) is 6.42 Å². The summed E-state index contributed by atoms with van der Waals surface area (Å²) in [4.78, 5) is 11.9. The second-order valence-corrected chi connectivity index (χ2v) is 8.00. The van der Waals surface area contributed by atoms with E-state index >= 15 is 0 Å². The van der Waals surface area contributed by atoms with Crippen molar-refractivity contribution in [3.8, 4) is 0 Å². The van der Waals surface area contributed by atoms with Crippen molar-refractivity contribution >= 4 is 28.2 Å². The van der Waals surface area contributed by atoms with Crippen LogP contribution < -0.4 is 10.6 Å². The minimum absolute atomic E-state index is 0. The zero-order valence-corrected chi connectivity index (χ0v) is 12.9. The molecule has 1 saturated heterocycles. The molecule has 1 saturated carbocycles. The zero-order valence-electron chi connectivity index (χ0n) is 11.3. The van der Waals surface area contributed by atoms with Crippen LogP contribution >= 0.6 is 12.4 Å². The van der Waals surface area contributed by atoms with Gasteiger partial charge in [0.25, 0.3) is 0 Å². The molecule has 1 aliphatic heterocycles. The Labute approximate surface area is 121 Å². The number of amides is 1. The van der Waals surface area contributed by atoms with Gasteiger partial charge in [-0.05, 0) is 37.6 Å². The SMILES string of the molecule is CS(=O)(=O)CC1(CC(=O)NC2CCCNC2)CC1.Cl. The number of hydrogen-bond acceptors (Lipinski definition) is 4. The van der Waals surface area contributed by atoms with Crippen molar-refractivity contribution in [3.63, 3.8) is 0 Å². The van der Waals surface area contributed by atoms with Gasteiger partial charge in [-0.2, -0.15) is 0 Å². The predicted octanol–water partition coefficient (Wildman–Crippen LogP) is 0.491. The van der Waals surface area contributed by atoms with E-state index in [4.69, 9.17) is 0 Å². The van der Waals surface area contributed by atoms with Crippen molar-refractivity contribution in [2.75, 3.05) is 25.1 Å². The van der Waals surface area contributed by atoms with Crippen LogP contribution in [0.5, 0.6) is 0 Å². The van der Waals surface area contributed by atoms with E-state index in [2.05, 4.69) is 10.6 Å². The van der Waals surface area contributed by atoms with Crippen LogP contribution in [-0.2, 0) is 14.6 Å². The number of rotatable bonds is 5. The van der Waals surface area contributed by atoms with Crippen LogP contribution in [0.2, 0.25) is 0 Å². The molecule has 2 fully saturated rings. The van der Waals surface area contributed by atoms with Gasteiger partial charge in [-0.3, -0.25) is 4.79 Å². The van der Waals surface area contributed by atoms with Gasteiger partial charge >= 0.3 is 0 Å². The number of piperidine rings is 1. The van der Waals surface area contributed by atoms with E-state index in [0.717, 1.165) is 38.8 Å². The Morgan fingerprint density at radius 3 is 2.58 bits per heavy atom. The molecule has 0 aromatic carbocycles. The Morgan fingerprint density at radius 1 is 1.42 bits per heavy atom. The van der Waals surface area contributed by atoms with Gasteiger partial charge in [-0.1, -0.05) is 0 Å². The topological polar surface area (TPSA) is 75.3 Å². The lowest BCUT2D eigenvalue weighted by Gasteiger charge is -2.24. The molecule has 1 amide bonds. The van der Waals surface area contributed by atoms with E-state index in [1.807, 2.05) is 0 Å². The maximum atomic E-state index is 11.9. The lowest BCUT2D eigenvalue weighted by Crippen LogP contribution is -2.46. The molecule has 0 radical (unpaired) electrons. The van der Waals surface area contributed by atoms with Crippen molar-refractivity contribution < 1.29 is 13.2 Å². The molecule has 5 nitrogen and oxygen atoms in total. The fourth-order valence-electron chi connectivity index (χ4n) is 2.70. The summed E-state index contributed by atoms with van der Waals surface area (Å²) in [6.07, 6.45) is 5.41. The van der Waals surface area contributed by atoms with Crippen molar-refractivity contribution in [1.82, 2.24) is 10.6 Å². The summed E-state index contributed by atoms with van der Waals surface area (Å²) in [5.74, 6) is 0.154. The van der Waals surface area contributed by atoms with Gasteiger partial charge in [0.05, 0.1) is 5.75 Å². The molecule has 0 aromatic heterocycles. The summed E-state index contributed by atoms with van der Waals surface area (Å²) in [5, 5.41) is 6.25. The number of carbonyl (C=O) groups excluding carboxylic acids is 1. The Bertz CT molecular complexity index is 415. The molecule has 0 aromatic rings. The van der Waals surface area contributed by atoms with Gasteiger partial charge in [0, 0.05) is 25.3 Å². The highest BCUT2D eigenvalue weighted by Crippen LogP contribution is 2.49. The average molecular weight is 311 g/mol. The first kappa shape index (κ1) is 16.7. The molecule has 19 heavy (non-hydrogen) atoms. The van der Waals surface area contributed by atoms with Crippen LogP contribution in [-0.4, -0.2) is 45.5 Å². The molecular formula is C12H23ClN2O3S. The third kappa shape index (κ3) is 5.67. The molecule has 0 spiro atoms. The standard InChI is InChI=1S/C12H22N2O3S.ClH/c1-18(16,17)9-12(4-5-12)7-11(15)14-10-3-2-6-13-8-10;/h10,13H,2-9H2,1H3,(H,14,15);1H. The molecule has 2 rings (SSSR count). The fourth-order valence-corrected chi connectivity index (χ4v) is 4.20. The summed E-state index contributed by atoms with van der Waals surface area (Å²) in [6, 6.07) is 0.209. The van der Waals surface area contributed by atoms with Gasteiger partial charge < -0.3 is 10.6 Å². The van der Waals surface area contributed by atoms with Crippen LogP contribution in [0.1, 0.15) is 32.1 Å². The Morgan fingerprint density at radius 2 is 2.11 bits per heavy atom. The molecule has 1 atom stereocenters. The van der Waals surface area contributed by atoms with Crippen molar-refractivity contribution in [2.45, 2.75) is 38.1 Å². The maximum Gasteiger partial charge on any atom is 0.220 e. The number of carbonyl (C=O) groups is 1.